The fourth-order valence-electron chi connectivity index (χ4n) is 7.18. The molecular weight excluding hydrogens is 1010 g/mol. The van der Waals surface area contributed by atoms with Gasteiger partial charge < -0.3 is 46.3 Å². The summed E-state index contributed by atoms with van der Waals surface area (Å²) in [7, 11) is -9.55. The normalized spacial score (nSPS) is 13.8. The molecule has 0 radical (unpaired) electrons. The predicted octanol–water partition coefficient (Wildman–Crippen LogP) is 8.09. The number of hydrogen-bond donors (Lipinski definition) is 3. The Hall–Kier alpha value is -2.66. The molecule has 0 saturated carbocycles. The van der Waals surface area contributed by atoms with Crippen LogP contribution in [0.5, 0.6) is 0 Å². The first-order valence-corrected chi connectivity index (χ1v) is 30.5. The van der Waals surface area contributed by atoms with Crippen LogP contribution in [-0.2, 0) is 60.0 Å². The van der Waals surface area contributed by atoms with Crippen LogP contribution in [0.25, 0.3) is 4.72 Å². The van der Waals surface area contributed by atoms with Crippen molar-refractivity contribution in [3.8, 4) is 0 Å². The van der Waals surface area contributed by atoms with Crippen molar-refractivity contribution in [2.45, 2.75) is 91.8 Å². The minimum atomic E-state index is -4.11. The molecule has 0 spiro atoms. The van der Waals surface area contributed by atoms with Gasteiger partial charge in [-0.05, 0) is 57.4 Å². The molecule has 1 unspecified atom stereocenters. The van der Waals surface area contributed by atoms with E-state index in [1.54, 1.807) is 64.1 Å². The van der Waals surface area contributed by atoms with Gasteiger partial charge in [0.1, 0.15) is 10.0 Å². The Morgan fingerprint density at radius 2 is 1.14 bits per heavy atom. The number of nitrogens with two attached hydrogens (primary N) is 1. The molecule has 0 bridgehead atoms. The second kappa shape index (κ2) is 26.8. The van der Waals surface area contributed by atoms with E-state index in [1.807, 2.05) is 78.0 Å². The SMILES string of the molecule is CCO[Si](O)(OCC)c1ccc([Si](OCC)(OCC)O[Si](O)(CCc2ccc(S(=O)(=O)[N-][C@@H](c3ccccc3)[C@@H](N)c3ccccc3)cc2)OC)cc1.Cc1c(C)c(C)[c-](C)c1C.[Cl][Rh+2]. The predicted molar refractivity (Wildman–Crippen MR) is 262 cm³/mol. The molecule has 18 heteroatoms. The van der Waals surface area contributed by atoms with Crippen molar-refractivity contribution in [1.29, 1.82) is 0 Å². The first-order chi connectivity index (χ1) is 30.9. The molecule has 5 aromatic rings. The topological polar surface area (TPSA) is 170 Å². The molecule has 5 aromatic carbocycles. The number of nitrogens with zero attached hydrogens (tertiary/aromatic N) is 1. The van der Waals surface area contributed by atoms with Crippen LogP contribution in [0.2, 0.25) is 6.04 Å². The second-order valence-corrected chi connectivity index (χ2v) is 24.5. The summed E-state index contributed by atoms with van der Waals surface area (Å²) in [5.41, 5.74) is 16.1. The van der Waals surface area contributed by atoms with Crippen molar-refractivity contribution in [2.24, 2.45) is 5.73 Å². The first-order valence-electron chi connectivity index (χ1n) is 21.5. The zero-order valence-electron chi connectivity index (χ0n) is 39.1. The molecule has 0 amide bonds. The van der Waals surface area contributed by atoms with Crippen LogP contribution in [-0.4, -0.2) is 78.0 Å². The molecule has 0 aliphatic rings. The Kier molecular flexibility index (Phi) is 23.3. The van der Waals surface area contributed by atoms with Crippen molar-refractivity contribution in [1.82, 2.24) is 0 Å². The van der Waals surface area contributed by atoms with Gasteiger partial charge >= 0.3 is 53.4 Å². The Labute approximate surface area is 405 Å². The quantitative estimate of drug-likeness (QED) is 0.0453. The molecular formula is C47H66ClN2O10RhSSi3. The van der Waals surface area contributed by atoms with Gasteiger partial charge in [0.2, 0.25) is 0 Å². The van der Waals surface area contributed by atoms with Crippen molar-refractivity contribution >= 4 is 56.5 Å². The zero-order valence-corrected chi connectivity index (χ0v) is 45.3. The third kappa shape index (κ3) is 15.2. The molecule has 358 valence electrons. The molecule has 5 rings (SSSR count). The standard InChI is InChI=1S/C37H51N2O10SSi3.C10H15.ClH.Rh/c1-6-45-52(43,46-7-2)34-24-26-35(27-25-34)53(47-8-3,48-9-4)49-51(42,44-5)29-28-30-20-22-33(23-21-30)50(40,41)39-37(32-18-14-11-15-19-32)36(38)31-16-12-10-13-17-31;1-6-7(2)9(4)10(5)8(6)3;;/h10-27,36-37,42-43H,6-9,28-29,38H2,1-5H3;1-5H3;1H;/q2*-1;;+3/p-1/t36-,37-,51?;;;/m0.../s1. The van der Waals surface area contributed by atoms with E-state index in [4.69, 9.17) is 32.0 Å². The number of benzene rings is 4. The van der Waals surface area contributed by atoms with Gasteiger partial charge in [0.25, 0.3) is 0 Å². The van der Waals surface area contributed by atoms with Crippen molar-refractivity contribution in [3.05, 3.63) is 158 Å². The van der Waals surface area contributed by atoms with Gasteiger partial charge in [-0.25, -0.2) is 8.42 Å². The van der Waals surface area contributed by atoms with Gasteiger partial charge in [-0.15, -0.1) is 0 Å². The summed E-state index contributed by atoms with van der Waals surface area (Å²) in [6, 6.07) is 30.2. The molecule has 0 aromatic heterocycles. The van der Waals surface area contributed by atoms with Gasteiger partial charge in [-0.2, -0.15) is 27.8 Å². The van der Waals surface area contributed by atoms with E-state index in [1.165, 1.54) is 47.1 Å². The van der Waals surface area contributed by atoms with Crippen LogP contribution in [0.3, 0.4) is 0 Å². The van der Waals surface area contributed by atoms with Crippen LogP contribution in [0.1, 0.15) is 84.3 Å². The number of aryl methyl sites for hydroxylation is 1. The van der Waals surface area contributed by atoms with Crippen LogP contribution < -0.4 is 16.1 Å². The van der Waals surface area contributed by atoms with Crippen LogP contribution in [0.4, 0.5) is 0 Å². The summed E-state index contributed by atoms with van der Waals surface area (Å²) < 4.78 is 67.3. The van der Waals surface area contributed by atoms with Gasteiger partial charge in [0.05, 0.1) is 0 Å². The first kappa shape index (κ1) is 56.7. The summed E-state index contributed by atoms with van der Waals surface area (Å²) in [4.78, 5) is 22.9. The number of sulfonamides is 1. The fourth-order valence-corrected chi connectivity index (χ4v) is 16.0. The number of halogens is 1. The Morgan fingerprint density at radius 1 is 0.692 bits per heavy atom. The number of hydrogen-bond acceptors (Lipinski definition) is 11. The summed E-state index contributed by atoms with van der Waals surface area (Å²) in [5, 5.41) is 1.07. The van der Waals surface area contributed by atoms with Crippen LogP contribution in [0.15, 0.2) is 114 Å². The Morgan fingerprint density at radius 3 is 1.55 bits per heavy atom. The Balaban J connectivity index is 0.000000815. The van der Waals surface area contributed by atoms with Gasteiger partial charge in [-0.3, -0.25) is 0 Å². The summed E-state index contributed by atoms with van der Waals surface area (Å²) in [6.07, 6.45) is 0.308. The van der Waals surface area contributed by atoms with E-state index in [9.17, 15) is 18.0 Å². The maximum absolute atomic E-state index is 13.6. The number of rotatable bonds is 22. The Bertz CT molecular complexity index is 2190. The third-order valence-corrected chi connectivity index (χ3v) is 21.3. The molecule has 12 nitrogen and oxygen atoms in total. The van der Waals surface area contributed by atoms with E-state index >= 15 is 0 Å². The molecule has 0 aliphatic carbocycles. The fraction of sp³-hybridized carbons (Fsp3) is 0.383. The molecule has 0 heterocycles. The molecule has 65 heavy (non-hydrogen) atoms. The van der Waals surface area contributed by atoms with E-state index in [-0.39, 0.29) is 37.4 Å². The van der Waals surface area contributed by atoms with E-state index in [0.29, 0.717) is 22.4 Å². The summed E-state index contributed by atoms with van der Waals surface area (Å²) >= 11 is 2.02. The van der Waals surface area contributed by atoms with Gasteiger partial charge in [-0.1, -0.05) is 143 Å². The molecule has 0 saturated heterocycles. The molecule has 0 fully saturated rings. The van der Waals surface area contributed by atoms with Crippen molar-refractivity contribution in [2.75, 3.05) is 33.5 Å². The zero-order chi connectivity index (χ0) is 48.4. The average molecular weight is 1070 g/mol. The van der Waals surface area contributed by atoms with E-state index in [0.717, 1.165) is 11.1 Å². The maximum atomic E-state index is 13.6. The molecule has 4 N–H and O–H groups in total. The van der Waals surface area contributed by atoms with Crippen LogP contribution >= 0.6 is 9.69 Å². The van der Waals surface area contributed by atoms with E-state index in [2.05, 4.69) is 49.0 Å². The third-order valence-electron chi connectivity index (χ3n) is 11.2. The van der Waals surface area contributed by atoms with Gasteiger partial charge in [0, 0.05) is 60.9 Å². The van der Waals surface area contributed by atoms with E-state index < -0.39 is 48.5 Å². The monoisotopic (exact) mass is 1070 g/mol. The second-order valence-electron chi connectivity index (χ2n) is 15.1. The van der Waals surface area contributed by atoms with Crippen molar-refractivity contribution < 1.29 is 61.6 Å². The average Bonchev–Trinajstić information content (AvgIpc) is 3.48. The molecule has 0 aliphatic heterocycles. The molecule has 3 atom stereocenters. The summed E-state index contributed by atoms with van der Waals surface area (Å²) in [6.45, 7) is 19.2. The minimum absolute atomic E-state index is 0.0177. The van der Waals surface area contributed by atoms with Crippen molar-refractivity contribution in [3.63, 3.8) is 0 Å². The van der Waals surface area contributed by atoms with Gasteiger partial charge in [0.15, 0.2) is 0 Å². The van der Waals surface area contributed by atoms with Crippen LogP contribution in [0, 0.1) is 34.6 Å². The summed E-state index contributed by atoms with van der Waals surface area (Å²) in [5.74, 6) is 0.